The van der Waals surface area contributed by atoms with Gasteiger partial charge < -0.3 is 62.6 Å². The fourth-order valence-electron chi connectivity index (χ4n) is 12.8. The van der Waals surface area contributed by atoms with Crippen LogP contribution in [0.1, 0.15) is 112 Å². The third-order valence-corrected chi connectivity index (χ3v) is 17.9. The van der Waals surface area contributed by atoms with Gasteiger partial charge in [-0.15, -0.1) is 0 Å². The molecule has 3 N–H and O–H groups in total. The Bertz CT molecular complexity index is 4600. The lowest BCUT2D eigenvalue weighted by Gasteiger charge is -2.24. The smallest absolute Gasteiger partial charge is 0.410 e. The average Bonchev–Trinajstić information content (AvgIpc) is 1.70. The molecule has 6 aliphatic rings. The average molecular weight is 1300 g/mol. The van der Waals surface area contributed by atoms with E-state index in [0.29, 0.717) is 99.9 Å². The minimum absolute atomic E-state index is 0.0662. The van der Waals surface area contributed by atoms with Crippen LogP contribution in [0.4, 0.5) is 4.79 Å². The Morgan fingerprint density at radius 3 is 1.40 bits per heavy atom. The second kappa shape index (κ2) is 30.1. The highest BCUT2D eigenvalue weighted by Crippen LogP contribution is 2.38. The van der Waals surface area contributed by atoms with Crippen molar-refractivity contribution >= 4 is 50.3 Å². The van der Waals surface area contributed by atoms with E-state index >= 15 is 0 Å². The lowest BCUT2D eigenvalue weighted by molar-refractivity contribution is 0.0252. The molecular weight excluding hydrogens is 1220 g/mol. The van der Waals surface area contributed by atoms with Gasteiger partial charge in [0, 0.05) is 110 Å². The van der Waals surface area contributed by atoms with Crippen molar-refractivity contribution < 1.29 is 42.7 Å². The minimum Gasteiger partial charge on any atom is -0.489 e. The van der Waals surface area contributed by atoms with Gasteiger partial charge in [-0.2, -0.15) is 15.8 Å². The number of benzene rings is 3. The number of ether oxygens (including phenoxy) is 8. The maximum Gasteiger partial charge on any atom is 0.410 e. The van der Waals surface area contributed by atoms with Crippen LogP contribution in [-0.4, -0.2) is 149 Å². The van der Waals surface area contributed by atoms with Crippen LogP contribution >= 0.6 is 0 Å². The summed E-state index contributed by atoms with van der Waals surface area (Å²) in [5.74, 6) is 5.08. The molecule has 1 aliphatic carbocycles. The van der Waals surface area contributed by atoms with Crippen LogP contribution in [0.25, 0.3) is 77.6 Å². The van der Waals surface area contributed by atoms with E-state index in [1.54, 1.807) is 17.3 Å². The number of carbonyl (C=O) groups excluding carboxylic acids is 1. The molecule has 15 rings (SSSR count). The molecule has 5 aliphatic heterocycles. The van der Waals surface area contributed by atoms with E-state index in [1.165, 1.54) is 12.0 Å². The topological polar surface area (TPSA) is 255 Å². The van der Waals surface area contributed by atoms with E-state index in [1.807, 2.05) is 112 Å². The van der Waals surface area contributed by atoms with Crippen molar-refractivity contribution in [2.45, 2.75) is 102 Å². The number of H-pyrrole nitrogens is 3. The highest BCUT2D eigenvalue weighted by Gasteiger charge is 2.28. The minimum atomic E-state index is -0.534. The first-order valence-corrected chi connectivity index (χ1v) is 33.4. The van der Waals surface area contributed by atoms with Crippen molar-refractivity contribution in [1.29, 1.82) is 15.8 Å². The summed E-state index contributed by atoms with van der Waals surface area (Å²) in [5, 5.41) is 32.2. The summed E-state index contributed by atoms with van der Waals surface area (Å²) in [6, 6.07) is 39.6. The second-order valence-corrected chi connectivity index (χ2v) is 25.7. The monoisotopic (exact) mass is 1300 g/mol. The summed E-state index contributed by atoms with van der Waals surface area (Å²) in [6.07, 6.45) is 18.2. The molecule has 0 saturated carbocycles. The number of nitriles is 3. The van der Waals surface area contributed by atoms with Gasteiger partial charge in [-0.25, -0.2) is 19.7 Å². The molecule has 20 heteroatoms. The predicted molar refractivity (Wildman–Crippen MR) is 369 cm³/mol. The molecule has 4 saturated heterocycles. The molecular formula is C77H77N11O9. The van der Waals surface area contributed by atoms with Gasteiger partial charge in [0.05, 0.1) is 81.8 Å². The van der Waals surface area contributed by atoms with Crippen LogP contribution in [0.15, 0.2) is 122 Å². The number of pyridine rings is 3. The maximum absolute atomic E-state index is 12.5. The molecule has 6 aromatic heterocycles. The molecule has 0 radical (unpaired) electrons. The van der Waals surface area contributed by atoms with Crippen LogP contribution in [-0.2, 0) is 23.7 Å². The zero-order valence-electron chi connectivity index (χ0n) is 54.9. The maximum atomic E-state index is 12.5. The SMILES string of the molecule is CC(C)(C)OC(=O)N1CC=C(c2cc3c(-c4ccc(OC5CCOCC5)c(C#N)c4)ccnc3[nH]2)C1.N#Cc1cc(-c2ccnc3[nH]c(C#CN4CCOCC4)cc23)ccc1OC1CCOCC1.N#Cc1cc(-c2ccnc3[nH]c(C4=CCCC4)cc23)ccc1OC1CCOCC1. The highest BCUT2D eigenvalue weighted by molar-refractivity contribution is 5.98. The number of allylic oxidation sites excluding steroid dienone is 2. The summed E-state index contributed by atoms with van der Waals surface area (Å²) < 4.78 is 45.4. The number of nitrogens with zero attached hydrogens (tertiary/aromatic N) is 8. The van der Waals surface area contributed by atoms with Gasteiger partial charge >= 0.3 is 6.09 Å². The number of fused-ring (bicyclic) bond motifs is 3. The zero-order valence-corrected chi connectivity index (χ0v) is 54.9. The van der Waals surface area contributed by atoms with Crippen LogP contribution in [0, 0.1) is 46.0 Å². The van der Waals surface area contributed by atoms with E-state index in [2.05, 4.69) is 83.2 Å². The Morgan fingerprint density at radius 2 is 0.969 bits per heavy atom. The quantitative estimate of drug-likeness (QED) is 0.102. The first-order chi connectivity index (χ1) is 47.4. The zero-order chi connectivity index (χ0) is 66.7. The van der Waals surface area contributed by atoms with Crippen LogP contribution in [0.2, 0.25) is 0 Å². The van der Waals surface area contributed by atoms with E-state index in [0.717, 1.165) is 154 Å². The van der Waals surface area contributed by atoms with Crippen molar-refractivity contribution in [3.63, 3.8) is 0 Å². The van der Waals surface area contributed by atoms with E-state index < -0.39 is 5.60 Å². The largest absolute Gasteiger partial charge is 0.489 e. The summed E-state index contributed by atoms with van der Waals surface area (Å²) in [6.45, 7) is 13.8. The third kappa shape index (κ3) is 15.8. The Balaban J connectivity index is 0.000000132. The molecule has 11 heterocycles. The van der Waals surface area contributed by atoms with Gasteiger partial charge in [-0.05, 0) is 163 Å². The first kappa shape index (κ1) is 65.2. The standard InChI is InChI=1S/C28H30N4O4.C25H24N4O3.C24H23N3O2/c1-28(2,3)36-27(33)32-11-7-19(17-32)24-15-23-22(6-10-30-26(23)31-24)18-4-5-25(20(14-18)16-29)35-21-8-12-34-13-9-21;26-17-19-15-18(1-2-24(19)32-21-5-11-30-12-6-21)22-3-7-27-25-23(22)16-20(28-25)4-8-29-9-13-31-14-10-29;25-15-18-13-17(5-6-23(18)29-19-8-11-28-12-9-19)20-7-10-26-24-21(20)14-22(27-24)16-3-1-2-4-16/h4-7,10,14-15,21H,8-9,11-13,17H2,1-3H3,(H,30,31);1-3,7,15-16,21H,5-6,9-14H2,(H,27,28);3,5-7,10,13-14,19H,1-2,4,8-9,11-12H2,(H,26,27). The van der Waals surface area contributed by atoms with Crippen molar-refractivity contribution in [3.05, 3.63) is 156 Å². The number of aromatic nitrogens is 6. The molecule has 3 aromatic carbocycles. The van der Waals surface area contributed by atoms with Gasteiger partial charge in [-0.3, -0.25) is 0 Å². The molecule has 0 spiro atoms. The molecule has 1 amide bonds. The predicted octanol–water partition coefficient (Wildman–Crippen LogP) is 13.8. The lowest BCUT2D eigenvalue weighted by atomic mass is 10.0. The summed E-state index contributed by atoms with van der Waals surface area (Å²) >= 11 is 0. The Morgan fingerprint density at radius 1 is 0.536 bits per heavy atom. The Hall–Kier alpha value is -10.5. The van der Waals surface area contributed by atoms with Crippen molar-refractivity contribution in [1.82, 2.24) is 39.7 Å². The molecule has 20 nitrogen and oxygen atoms in total. The van der Waals surface area contributed by atoms with E-state index in [4.69, 9.17) is 37.9 Å². The van der Waals surface area contributed by atoms with E-state index in [9.17, 15) is 20.6 Å². The van der Waals surface area contributed by atoms with Gasteiger partial charge in [0.1, 0.15) is 76.3 Å². The molecule has 9 aromatic rings. The van der Waals surface area contributed by atoms with Crippen LogP contribution in [0.3, 0.4) is 0 Å². The number of hydrogen-bond acceptors (Lipinski definition) is 16. The molecule has 0 bridgehead atoms. The number of rotatable bonds is 11. The van der Waals surface area contributed by atoms with Crippen LogP contribution < -0.4 is 14.2 Å². The van der Waals surface area contributed by atoms with Gasteiger partial charge in [0.25, 0.3) is 0 Å². The van der Waals surface area contributed by atoms with Crippen molar-refractivity contribution in [2.75, 3.05) is 79.0 Å². The molecule has 97 heavy (non-hydrogen) atoms. The highest BCUT2D eigenvalue weighted by atomic mass is 16.6. The van der Waals surface area contributed by atoms with E-state index in [-0.39, 0.29) is 24.4 Å². The van der Waals surface area contributed by atoms with Gasteiger partial charge in [-0.1, -0.05) is 30.4 Å². The number of carbonyl (C=O) groups is 1. The van der Waals surface area contributed by atoms with Gasteiger partial charge in [0.15, 0.2) is 0 Å². The first-order valence-electron chi connectivity index (χ1n) is 33.4. The molecule has 4 fully saturated rings. The Labute approximate surface area is 563 Å². The third-order valence-electron chi connectivity index (χ3n) is 17.9. The van der Waals surface area contributed by atoms with Gasteiger partial charge in [0.2, 0.25) is 0 Å². The number of aromatic amines is 3. The fourth-order valence-corrected chi connectivity index (χ4v) is 12.8. The number of morpholine rings is 1. The van der Waals surface area contributed by atoms with Crippen LogP contribution in [0.5, 0.6) is 17.2 Å². The lowest BCUT2D eigenvalue weighted by Crippen LogP contribution is -2.35. The molecule has 0 atom stereocenters. The number of hydrogen-bond donors (Lipinski definition) is 3. The number of amides is 1. The Kier molecular flexibility index (Phi) is 20.2. The number of nitrogens with one attached hydrogen (secondary N) is 3. The fraction of sp³-hybridized carbons (Fsp3) is 0.364. The summed E-state index contributed by atoms with van der Waals surface area (Å²) in [4.78, 5) is 39.8. The second-order valence-electron chi connectivity index (χ2n) is 25.7. The summed E-state index contributed by atoms with van der Waals surface area (Å²) in [7, 11) is 0. The van der Waals surface area contributed by atoms with Crippen molar-refractivity contribution in [3.8, 4) is 80.8 Å². The molecule has 494 valence electrons. The summed E-state index contributed by atoms with van der Waals surface area (Å²) in [5.41, 5.74) is 14.6. The normalized spacial score (nSPS) is 16.9. The molecule has 0 unspecified atom stereocenters. The van der Waals surface area contributed by atoms with Crippen molar-refractivity contribution in [2.24, 2.45) is 0 Å².